The maximum absolute atomic E-state index is 12.1. The second kappa shape index (κ2) is 6.88. The molecule has 0 bridgehead atoms. The van der Waals surface area contributed by atoms with E-state index < -0.39 is 5.97 Å². The number of carbonyl (C=O) groups excluding carboxylic acids is 1. The van der Waals surface area contributed by atoms with E-state index in [1.165, 1.54) is 22.6 Å². The van der Waals surface area contributed by atoms with Crippen LogP contribution in [0, 0.1) is 0 Å². The quantitative estimate of drug-likeness (QED) is 0.471. The Kier molecular flexibility index (Phi) is 4.84. The van der Waals surface area contributed by atoms with Crippen molar-refractivity contribution in [3.05, 3.63) is 72.9 Å². The first-order valence-corrected chi connectivity index (χ1v) is 8.16. The summed E-state index contributed by atoms with van der Waals surface area (Å²) >= 11 is 14.9. The van der Waals surface area contributed by atoms with Crippen molar-refractivity contribution in [2.45, 2.75) is 6.61 Å². The Bertz CT molecular complexity index is 1010. The molecule has 0 amide bonds. The lowest BCUT2D eigenvalue weighted by atomic mass is 10.3. The molecule has 0 spiro atoms. The highest BCUT2D eigenvalue weighted by Gasteiger charge is 2.15. The Morgan fingerprint density at radius 2 is 2.00 bits per heavy atom. The van der Waals surface area contributed by atoms with Crippen LogP contribution in [0.1, 0.15) is 16.2 Å². The summed E-state index contributed by atoms with van der Waals surface area (Å²) in [5, 5.41) is 0.250. The van der Waals surface area contributed by atoms with Crippen LogP contribution in [0.2, 0.25) is 10.2 Å². The number of esters is 1. The van der Waals surface area contributed by atoms with Gasteiger partial charge in [0, 0.05) is 16.7 Å². The van der Waals surface area contributed by atoms with Gasteiger partial charge in [-0.25, -0.2) is 14.8 Å². The van der Waals surface area contributed by atoms with Crippen LogP contribution in [-0.2, 0) is 11.3 Å². The van der Waals surface area contributed by atoms with Gasteiger partial charge in [-0.2, -0.15) is 0 Å². The summed E-state index contributed by atoms with van der Waals surface area (Å²) in [5.74, 6) is -0.750. The average Bonchev–Trinajstić information content (AvgIpc) is 2.55. The van der Waals surface area contributed by atoms with Crippen LogP contribution >= 0.6 is 39.1 Å². The second-order valence-electron chi connectivity index (χ2n) is 4.70. The molecule has 0 unspecified atom stereocenters. The minimum absolute atomic E-state index is 0.0920. The van der Waals surface area contributed by atoms with Gasteiger partial charge in [-0.3, -0.25) is 9.20 Å². The summed E-state index contributed by atoms with van der Waals surface area (Å²) in [5.41, 5.74) is 0.376. The first kappa shape index (κ1) is 16.9. The van der Waals surface area contributed by atoms with E-state index in [0.29, 0.717) is 11.3 Å². The molecule has 122 valence electrons. The molecule has 0 aromatic carbocycles. The van der Waals surface area contributed by atoms with Crippen LogP contribution in [0.3, 0.4) is 0 Å². The molecule has 0 atom stereocenters. The van der Waals surface area contributed by atoms with Crippen molar-refractivity contribution in [2.75, 3.05) is 0 Å². The molecule has 3 heterocycles. The number of halogens is 3. The standard InChI is InChI=1S/C15H8BrCl2N3O3/c16-8-1-4-12-19-9(5-13(22)21(12)6-8)7-24-15(23)14-10(17)2-3-11(18)20-14/h1-6H,7H2. The summed E-state index contributed by atoms with van der Waals surface area (Å²) in [6.45, 7) is -0.189. The highest BCUT2D eigenvalue weighted by atomic mass is 79.9. The molecule has 0 aliphatic carbocycles. The fraction of sp³-hybridized carbons (Fsp3) is 0.0667. The summed E-state index contributed by atoms with van der Waals surface area (Å²) in [7, 11) is 0. The number of hydrogen-bond donors (Lipinski definition) is 0. The molecule has 6 nitrogen and oxygen atoms in total. The van der Waals surface area contributed by atoms with E-state index in [4.69, 9.17) is 27.9 Å². The first-order valence-electron chi connectivity index (χ1n) is 6.61. The number of ether oxygens (including phenoxy) is 1. The lowest BCUT2D eigenvalue weighted by Gasteiger charge is -2.07. The molecule has 0 fully saturated rings. The zero-order valence-electron chi connectivity index (χ0n) is 11.9. The van der Waals surface area contributed by atoms with Gasteiger partial charge in [0.2, 0.25) is 0 Å². The largest absolute Gasteiger partial charge is 0.454 e. The van der Waals surface area contributed by atoms with Gasteiger partial charge in [0.15, 0.2) is 5.69 Å². The Hall–Kier alpha value is -1.96. The number of rotatable bonds is 3. The fourth-order valence-corrected chi connectivity index (χ4v) is 2.64. The molecule has 24 heavy (non-hydrogen) atoms. The molecule has 3 rings (SSSR count). The average molecular weight is 429 g/mol. The van der Waals surface area contributed by atoms with Crippen molar-refractivity contribution < 1.29 is 9.53 Å². The molecule has 0 aliphatic heterocycles. The smallest absolute Gasteiger partial charge is 0.358 e. The highest BCUT2D eigenvalue weighted by Crippen LogP contribution is 2.18. The maximum Gasteiger partial charge on any atom is 0.358 e. The van der Waals surface area contributed by atoms with Gasteiger partial charge in [0.1, 0.15) is 17.4 Å². The summed E-state index contributed by atoms with van der Waals surface area (Å²) in [4.78, 5) is 32.2. The van der Waals surface area contributed by atoms with E-state index in [2.05, 4.69) is 25.9 Å². The Balaban J connectivity index is 1.83. The monoisotopic (exact) mass is 427 g/mol. The van der Waals surface area contributed by atoms with E-state index in [1.54, 1.807) is 18.3 Å². The predicted molar refractivity (Wildman–Crippen MR) is 92.5 cm³/mol. The number of fused-ring (bicyclic) bond motifs is 1. The first-order chi connectivity index (χ1) is 11.4. The van der Waals surface area contributed by atoms with E-state index in [9.17, 15) is 9.59 Å². The van der Waals surface area contributed by atoms with Crippen LogP contribution in [0.25, 0.3) is 5.65 Å². The van der Waals surface area contributed by atoms with E-state index in [1.807, 2.05) is 0 Å². The molecular weight excluding hydrogens is 421 g/mol. The second-order valence-corrected chi connectivity index (χ2v) is 6.41. The summed E-state index contributed by atoms with van der Waals surface area (Å²) < 4.78 is 7.24. The zero-order chi connectivity index (χ0) is 17.3. The molecule has 0 aliphatic rings. The molecule has 0 radical (unpaired) electrons. The van der Waals surface area contributed by atoms with Gasteiger partial charge in [0.25, 0.3) is 5.56 Å². The predicted octanol–water partition coefficient (Wildman–Crippen LogP) is 3.52. The molecular formula is C15H8BrCl2N3O3. The number of carbonyl (C=O) groups is 1. The zero-order valence-corrected chi connectivity index (χ0v) is 15.0. The maximum atomic E-state index is 12.1. The molecule has 0 N–H and O–H groups in total. The van der Waals surface area contributed by atoms with Gasteiger partial charge in [-0.05, 0) is 40.2 Å². The Labute approximate surface area is 154 Å². The third-order valence-electron chi connectivity index (χ3n) is 3.03. The van der Waals surface area contributed by atoms with E-state index in [0.717, 1.165) is 4.47 Å². The number of nitrogens with zero attached hydrogens (tertiary/aromatic N) is 3. The topological polar surface area (TPSA) is 73.6 Å². The van der Waals surface area contributed by atoms with Crippen molar-refractivity contribution in [2.24, 2.45) is 0 Å². The number of hydrogen-bond acceptors (Lipinski definition) is 5. The third-order valence-corrected chi connectivity index (χ3v) is 4.02. The normalized spacial score (nSPS) is 10.8. The minimum atomic E-state index is -0.750. The molecule has 3 aromatic heterocycles. The molecule has 0 saturated carbocycles. The Morgan fingerprint density at radius 1 is 1.21 bits per heavy atom. The van der Waals surface area contributed by atoms with Crippen molar-refractivity contribution in [1.29, 1.82) is 0 Å². The van der Waals surface area contributed by atoms with Crippen molar-refractivity contribution in [3.63, 3.8) is 0 Å². The molecule has 0 saturated heterocycles. The van der Waals surface area contributed by atoms with Crippen molar-refractivity contribution in [3.8, 4) is 0 Å². The van der Waals surface area contributed by atoms with E-state index >= 15 is 0 Å². The lowest BCUT2D eigenvalue weighted by molar-refractivity contribution is 0.0461. The van der Waals surface area contributed by atoms with Gasteiger partial charge in [-0.1, -0.05) is 23.2 Å². The van der Waals surface area contributed by atoms with Crippen LogP contribution in [0.15, 0.2) is 45.8 Å². The minimum Gasteiger partial charge on any atom is -0.454 e. The fourth-order valence-electron chi connectivity index (χ4n) is 1.97. The van der Waals surface area contributed by atoms with Crippen LogP contribution in [0.5, 0.6) is 0 Å². The number of aromatic nitrogens is 3. The molecule has 9 heteroatoms. The van der Waals surface area contributed by atoms with Gasteiger partial charge in [-0.15, -0.1) is 0 Å². The third kappa shape index (κ3) is 3.58. The molecule has 3 aromatic rings. The SMILES string of the molecule is O=C(OCc1cc(=O)n2cc(Br)ccc2n1)c1nc(Cl)ccc1Cl. The Morgan fingerprint density at radius 3 is 2.79 bits per heavy atom. The van der Waals surface area contributed by atoms with Crippen molar-refractivity contribution >= 4 is 50.7 Å². The number of pyridine rings is 2. The van der Waals surface area contributed by atoms with Crippen LogP contribution in [0.4, 0.5) is 0 Å². The van der Waals surface area contributed by atoms with Crippen LogP contribution in [-0.4, -0.2) is 20.3 Å². The summed E-state index contributed by atoms with van der Waals surface area (Å²) in [6.07, 6.45) is 1.61. The van der Waals surface area contributed by atoms with Crippen LogP contribution < -0.4 is 5.56 Å². The van der Waals surface area contributed by atoms with E-state index in [-0.39, 0.29) is 28.0 Å². The summed E-state index contributed by atoms with van der Waals surface area (Å²) in [6, 6.07) is 7.63. The van der Waals surface area contributed by atoms with Gasteiger partial charge >= 0.3 is 5.97 Å². The highest BCUT2D eigenvalue weighted by molar-refractivity contribution is 9.10. The van der Waals surface area contributed by atoms with Gasteiger partial charge < -0.3 is 4.74 Å². The van der Waals surface area contributed by atoms with Gasteiger partial charge in [0.05, 0.1) is 10.7 Å². The lowest BCUT2D eigenvalue weighted by Crippen LogP contribution is -2.17. The van der Waals surface area contributed by atoms with Crippen molar-refractivity contribution in [1.82, 2.24) is 14.4 Å².